The van der Waals surface area contributed by atoms with Crippen molar-refractivity contribution >= 4 is 11.8 Å². The van der Waals surface area contributed by atoms with E-state index in [1.54, 1.807) is 16.8 Å². The van der Waals surface area contributed by atoms with Gasteiger partial charge in [0.05, 0.1) is 13.1 Å². The first kappa shape index (κ1) is 12.4. The van der Waals surface area contributed by atoms with E-state index in [9.17, 15) is 9.59 Å². The second-order valence-electron chi connectivity index (χ2n) is 5.06. The fraction of sp³-hybridized carbons (Fsp3) is 0.833. The number of amides is 2. The van der Waals surface area contributed by atoms with Crippen molar-refractivity contribution in [2.24, 2.45) is 5.92 Å². The molecule has 0 aromatic carbocycles. The predicted molar refractivity (Wildman–Crippen MR) is 64.4 cm³/mol. The summed E-state index contributed by atoms with van der Waals surface area (Å²) >= 11 is 0. The molecule has 1 aliphatic heterocycles. The van der Waals surface area contributed by atoms with Crippen LogP contribution in [0.4, 0.5) is 0 Å². The molecule has 1 N–H and O–H groups in total. The molecule has 0 unspecified atom stereocenters. The minimum atomic E-state index is 0.0399. The summed E-state index contributed by atoms with van der Waals surface area (Å²) in [6.07, 6.45) is 3.44. The molecule has 1 saturated heterocycles. The molecule has 1 saturated carbocycles. The molecule has 17 heavy (non-hydrogen) atoms. The topological polar surface area (TPSA) is 52.6 Å². The van der Waals surface area contributed by atoms with E-state index < -0.39 is 0 Å². The zero-order valence-electron chi connectivity index (χ0n) is 10.4. The van der Waals surface area contributed by atoms with Crippen LogP contribution in [0.2, 0.25) is 0 Å². The normalized spacial score (nSPS) is 21.6. The number of nitrogens with zero attached hydrogens (tertiary/aromatic N) is 2. The van der Waals surface area contributed by atoms with Crippen LogP contribution in [0, 0.1) is 5.92 Å². The van der Waals surface area contributed by atoms with Gasteiger partial charge in [0, 0.05) is 20.1 Å². The van der Waals surface area contributed by atoms with Gasteiger partial charge in [-0.3, -0.25) is 9.59 Å². The summed E-state index contributed by atoms with van der Waals surface area (Å²) in [5, 5.41) is 3.17. The Morgan fingerprint density at radius 2 is 2.18 bits per heavy atom. The fourth-order valence-electron chi connectivity index (χ4n) is 2.02. The minimum absolute atomic E-state index is 0.0399. The first-order chi connectivity index (χ1) is 8.16. The lowest BCUT2D eigenvalue weighted by Crippen LogP contribution is -2.42. The van der Waals surface area contributed by atoms with Gasteiger partial charge in [0.2, 0.25) is 11.8 Å². The van der Waals surface area contributed by atoms with Crippen molar-refractivity contribution < 1.29 is 9.59 Å². The van der Waals surface area contributed by atoms with Crippen LogP contribution in [0.5, 0.6) is 0 Å². The number of hydrogen-bond acceptors (Lipinski definition) is 3. The number of nitrogens with one attached hydrogen (secondary N) is 1. The average Bonchev–Trinajstić information content (AvgIpc) is 3.10. The molecule has 5 heteroatoms. The molecule has 2 aliphatic rings. The maximum Gasteiger partial charge on any atom is 0.241 e. The number of hydrogen-bond donors (Lipinski definition) is 1. The van der Waals surface area contributed by atoms with Crippen LogP contribution in [0.3, 0.4) is 0 Å². The number of carbonyl (C=O) groups excluding carboxylic acids is 2. The van der Waals surface area contributed by atoms with E-state index in [1.165, 1.54) is 12.8 Å². The van der Waals surface area contributed by atoms with Gasteiger partial charge in [-0.15, -0.1) is 0 Å². The third kappa shape index (κ3) is 3.70. The number of rotatable bonds is 4. The third-order valence-corrected chi connectivity index (χ3v) is 3.43. The summed E-state index contributed by atoms with van der Waals surface area (Å²) in [6, 6.07) is 0. The van der Waals surface area contributed by atoms with Gasteiger partial charge in [-0.25, -0.2) is 0 Å². The lowest BCUT2D eigenvalue weighted by molar-refractivity contribution is -0.137. The van der Waals surface area contributed by atoms with Gasteiger partial charge in [0.15, 0.2) is 0 Å². The highest BCUT2D eigenvalue weighted by atomic mass is 16.2. The van der Waals surface area contributed by atoms with Crippen molar-refractivity contribution in [3.05, 3.63) is 0 Å². The van der Waals surface area contributed by atoms with Gasteiger partial charge in [-0.05, 0) is 31.7 Å². The van der Waals surface area contributed by atoms with Crippen molar-refractivity contribution in [2.75, 3.05) is 39.8 Å². The molecule has 96 valence electrons. The minimum Gasteiger partial charge on any atom is -0.344 e. The first-order valence-corrected chi connectivity index (χ1v) is 6.39. The molecule has 2 amide bonds. The van der Waals surface area contributed by atoms with Gasteiger partial charge < -0.3 is 15.1 Å². The molecular weight excluding hydrogens is 218 g/mol. The summed E-state index contributed by atoms with van der Waals surface area (Å²) in [7, 11) is 1.79. The zero-order valence-corrected chi connectivity index (χ0v) is 10.4. The summed E-state index contributed by atoms with van der Waals surface area (Å²) in [5.74, 6) is 0.868. The Balaban J connectivity index is 1.74. The molecule has 0 aromatic heterocycles. The highest BCUT2D eigenvalue weighted by Gasteiger charge is 2.24. The lowest BCUT2D eigenvalue weighted by atomic mass is 10.3. The van der Waals surface area contributed by atoms with Crippen LogP contribution >= 0.6 is 0 Å². The summed E-state index contributed by atoms with van der Waals surface area (Å²) in [4.78, 5) is 26.9. The Bertz CT molecular complexity index is 302. The number of carbonyl (C=O) groups is 2. The van der Waals surface area contributed by atoms with Crippen molar-refractivity contribution in [3.8, 4) is 0 Å². The predicted octanol–water partition coefficient (Wildman–Crippen LogP) is -0.323. The van der Waals surface area contributed by atoms with E-state index in [0.29, 0.717) is 13.1 Å². The third-order valence-electron chi connectivity index (χ3n) is 3.43. The van der Waals surface area contributed by atoms with Gasteiger partial charge in [0.25, 0.3) is 0 Å². The van der Waals surface area contributed by atoms with E-state index in [1.807, 2.05) is 0 Å². The van der Waals surface area contributed by atoms with Crippen LogP contribution < -0.4 is 5.32 Å². The van der Waals surface area contributed by atoms with Gasteiger partial charge in [0.1, 0.15) is 0 Å². The number of likely N-dealkylation sites (N-methyl/N-ethyl adjacent to an activating group) is 1. The van der Waals surface area contributed by atoms with Crippen molar-refractivity contribution in [3.63, 3.8) is 0 Å². The molecule has 1 heterocycles. The van der Waals surface area contributed by atoms with E-state index >= 15 is 0 Å². The largest absolute Gasteiger partial charge is 0.344 e. The molecule has 0 spiro atoms. The molecule has 2 fully saturated rings. The molecule has 2 rings (SSSR count). The zero-order chi connectivity index (χ0) is 12.3. The molecular formula is C12H21N3O2. The van der Waals surface area contributed by atoms with Crippen molar-refractivity contribution in [1.29, 1.82) is 0 Å². The fourth-order valence-corrected chi connectivity index (χ4v) is 2.02. The molecule has 0 radical (unpaired) electrons. The second-order valence-corrected chi connectivity index (χ2v) is 5.06. The van der Waals surface area contributed by atoms with Crippen LogP contribution in [-0.4, -0.2) is 61.4 Å². The van der Waals surface area contributed by atoms with Gasteiger partial charge in [-0.1, -0.05) is 0 Å². The first-order valence-electron chi connectivity index (χ1n) is 6.39. The summed E-state index contributed by atoms with van der Waals surface area (Å²) in [6.45, 7) is 2.99. The highest BCUT2D eigenvalue weighted by Crippen LogP contribution is 2.27. The Hall–Kier alpha value is -1.10. The molecule has 5 nitrogen and oxygen atoms in total. The van der Waals surface area contributed by atoms with E-state index in [0.717, 1.165) is 25.4 Å². The lowest BCUT2D eigenvalue weighted by Gasteiger charge is -2.19. The van der Waals surface area contributed by atoms with Gasteiger partial charge >= 0.3 is 0 Å². The Morgan fingerprint density at radius 1 is 1.41 bits per heavy atom. The van der Waals surface area contributed by atoms with E-state index in [-0.39, 0.29) is 18.4 Å². The average molecular weight is 239 g/mol. The molecule has 0 atom stereocenters. The quantitative estimate of drug-likeness (QED) is 0.731. The van der Waals surface area contributed by atoms with Crippen LogP contribution in [-0.2, 0) is 9.59 Å². The van der Waals surface area contributed by atoms with Crippen molar-refractivity contribution in [2.45, 2.75) is 19.3 Å². The standard InChI is InChI=1S/C12H21N3O2/c1-14-5-2-6-15(9-12(14)17)11(16)8-13-7-10-3-4-10/h10,13H,2-9H2,1H3. The SMILES string of the molecule is CN1CCCN(C(=O)CNCC2CC2)CC1=O. The van der Waals surface area contributed by atoms with Crippen LogP contribution in [0.25, 0.3) is 0 Å². The summed E-state index contributed by atoms with van der Waals surface area (Å²) in [5.41, 5.74) is 0. The monoisotopic (exact) mass is 239 g/mol. The van der Waals surface area contributed by atoms with Crippen LogP contribution in [0.15, 0.2) is 0 Å². The Morgan fingerprint density at radius 3 is 2.88 bits per heavy atom. The molecule has 0 bridgehead atoms. The van der Waals surface area contributed by atoms with E-state index in [4.69, 9.17) is 0 Å². The smallest absolute Gasteiger partial charge is 0.241 e. The highest BCUT2D eigenvalue weighted by molar-refractivity contribution is 5.86. The summed E-state index contributed by atoms with van der Waals surface area (Å²) < 4.78 is 0. The maximum absolute atomic E-state index is 11.9. The maximum atomic E-state index is 11.9. The molecule has 0 aromatic rings. The van der Waals surface area contributed by atoms with Crippen LogP contribution in [0.1, 0.15) is 19.3 Å². The Labute approximate surface area is 102 Å². The second kappa shape index (κ2) is 5.49. The van der Waals surface area contributed by atoms with Gasteiger partial charge in [-0.2, -0.15) is 0 Å². The molecule has 1 aliphatic carbocycles. The van der Waals surface area contributed by atoms with E-state index in [2.05, 4.69) is 5.32 Å². The van der Waals surface area contributed by atoms with Crippen molar-refractivity contribution in [1.82, 2.24) is 15.1 Å². The Kier molecular flexibility index (Phi) is 3.99.